The number of halogens is 1. The average molecular weight is 163 g/mol. The van der Waals surface area contributed by atoms with Gasteiger partial charge in [0.15, 0.2) is 0 Å². The minimum Gasteiger partial charge on any atom is -0.211 e. The summed E-state index contributed by atoms with van der Waals surface area (Å²) in [6, 6.07) is 5.55. The molecule has 0 amide bonds. The molecule has 0 aliphatic rings. The Morgan fingerprint density at radius 1 is 1.42 bits per heavy atom. The summed E-state index contributed by atoms with van der Waals surface area (Å²) < 4.78 is 12.4. The lowest BCUT2D eigenvalue weighted by Gasteiger charge is -1.95. The highest BCUT2D eigenvalue weighted by atomic mass is 19.1. The summed E-state index contributed by atoms with van der Waals surface area (Å²) >= 11 is 0. The molecule has 60 valence electrons. The van der Waals surface area contributed by atoms with Crippen LogP contribution in [0.3, 0.4) is 0 Å². The van der Waals surface area contributed by atoms with Crippen LogP contribution in [0.2, 0.25) is 0 Å². The van der Waals surface area contributed by atoms with Crippen LogP contribution in [-0.2, 0) is 4.79 Å². The van der Waals surface area contributed by atoms with Crippen LogP contribution in [0.1, 0.15) is 5.56 Å². The van der Waals surface area contributed by atoms with Gasteiger partial charge in [-0.15, -0.1) is 0 Å². The molecular formula is C9H6FNO. The number of rotatable bonds is 2. The highest BCUT2D eigenvalue weighted by Gasteiger charge is 1.95. The van der Waals surface area contributed by atoms with Crippen LogP contribution in [0.4, 0.5) is 4.39 Å². The molecule has 0 unspecified atom stereocenters. The number of hydrogen-bond donors (Lipinski definition) is 0. The number of benzene rings is 1. The molecule has 12 heavy (non-hydrogen) atoms. The van der Waals surface area contributed by atoms with E-state index in [0.29, 0.717) is 5.56 Å². The fourth-order valence-corrected chi connectivity index (χ4v) is 0.762. The van der Waals surface area contributed by atoms with Gasteiger partial charge in [-0.1, -0.05) is 6.58 Å². The Labute approximate surface area is 69.1 Å². The molecule has 0 bridgehead atoms. The molecule has 1 aromatic rings. The van der Waals surface area contributed by atoms with Gasteiger partial charge < -0.3 is 0 Å². The van der Waals surface area contributed by atoms with E-state index in [2.05, 4.69) is 11.6 Å². The van der Waals surface area contributed by atoms with E-state index in [-0.39, 0.29) is 11.5 Å². The molecule has 2 nitrogen and oxygen atoms in total. The van der Waals surface area contributed by atoms with Crippen LogP contribution in [0.5, 0.6) is 0 Å². The molecule has 0 spiro atoms. The van der Waals surface area contributed by atoms with Crippen molar-refractivity contribution in [2.24, 2.45) is 4.99 Å². The Morgan fingerprint density at radius 3 is 2.50 bits per heavy atom. The number of aliphatic imine (C=N–C) groups is 1. The number of nitrogens with zero attached hydrogens (tertiary/aromatic N) is 1. The summed E-state index contributed by atoms with van der Waals surface area (Å²) in [6.07, 6.45) is 1.36. The second-order valence-corrected chi connectivity index (χ2v) is 2.16. The van der Waals surface area contributed by atoms with Crippen molar-refractivity contribution in [3.63, 3.8) is 0 Å². The van der Waals surface area contributed by atoms with Crippen LogP contribution in [-0.4, -0.2) is 6.08 Å². The maximum atomic E-state index is 12.4. The standard InChI is InChI=1S/C9H6FNO/c1-7(11-6-12)8-2-4-9(10)5-3-8/h2-5H,1H2. The predicted octanol–water partition coefficient (Wildman–Crippen LogP) is 2.13. The van der Waals surface area contributed by atoms with Crippen LogP contribution in [0.15, 0.2) is 35.8 Å². The van der Waals surface area contributed by atoms with E-state index >= 15 is 0 Å². The normalized spacial score (nSPS) is 8.75. The summed E-state index contributed by atoms with van der Waals surface area (Å²) in [5.74, 6) is -0.332. The molecule has 1 aromatic carbocycles. The van der Waals surface area contributed by atoms with Crippen LogP contribution in [0, 0.1) is 5.82 Å². The Bertz CT molecular complexity index is 336. The molecule has 0 heterocycles. The highest BCUT2D eigenvalue weighted by Crippen LogP contribution is 2.12. The molecule has 0 radical (unpaired) electrons. The smallest absolute Gasteiger partial charge is 0.211 e. The fraction of sp³-hybridized carbons (Fsp3) is 0. The average Bonchev–Trinajstić information content (AvgIpc) is 2.06. The molecule has 1 rings (SSSR count). The van der Waals surface area contributed by atoms with Gasteiger partial charge in [0.1, 0.15) is 5.82 Å². The van der Waals surface area contributed by atoms with Crippen molar-refractivity contribution < 1.29 is 9.18 Å². The number of isocyanates is 1. The Kier molecular flexibility index (Phi) is 2.51. The van der Waals surface area contributed by atoms with Gasteiger partial charge in [-0.05, 0) is 24.3 Å². The maximum absolute atomic E-state index is 12.4. The van der Waals surface area contributed by atoms with E-state index < -0.39 is 0 Å². The first-order valence-electron chi connectivity index (χ1n) is 3.27. The van der Waals surface area contributed by atoms with Gasteiger partial charge >= 0.3 is 0 Å². The van der Waals surface area contributed by atoms with Crippen molar-refractivity contribution >= 4 is 11.8 Å². The van der Waals surface area contributed by atoms with Gasteiger partial charge in [-0.25, -0.2) is 9.18 Å². The molecule has 0 aliphatic carbocycles. The third-order valence-corrected chi connectivity index (χ3v) is 1.36. The molecule has 0 saturated heterocycles. The minimum atomic E-state index is -0.332. The van der Waals surface area contributed by atoms with E-state index in [1.54, 1.807) is 0 Å². The monoisotopic (exact) mass is 163 g/mol. The molecule has 0 saturated carbocycles. The number of carbonyl (C=O) groups excluding carboxylic acids is 1. The van der Waals surface area contributed by atoms with Gasteiger partial charge in [0.05, 0.1) is 5.70 Å². The second-order valence-electron chi connectivity index (χ2n) is 2.16. The van der Waals surface area contributed by atoms with Gasteiger partial charge in [-0.2, -0.15) is 4.99 Å². The maximum Gasteiger partial charge on any atom is 0.240 e. The summed E-state index contributed by atoms with van der Waals surface area (Å²) in [5, 5.41) is 0. The topological polar surface area (TPSA) is 29.4 Å². The molecule has 0 N–H and O–H groups in total. The SMILES string of the molecule is C=C(N=C=O)c1ccc(F)cc1. The van der Waals surface area contributed by atoms with Crippen molar-refractivity contribution in [1.29, 1.82) is 0 Å². The van der Waals surface area contributed by atoms with Gasteiger partial charge in [0.25, 0.3) is 0 Å². The molecule has 3 heteroatoms. The second kappa shape index (κ2) is 3.60. The van der Waals surface area contributed by atoms with Gasteiger partial charge in [0, 0.05) is 5.56 Å². The van der Waals surface area contributed by atoms with E-state index in [0.717, 1.165) is 0 Å². The first kappa shape index (κ1) is 8.37. The van der Waals surface area contributed by atoms with Crippen LogP contribution < -0.4 is 0 Å². The molecule has 0 aliphatic heterocycles. The third kappa shape index (κ3) is 1.87. The lowest BCUT2D eigenvalue weighted by atomic mass is 10.2. The van der Waals surface area contributed by atoms with E-state index in [1.807, 2.05) is 0 Å². The Hall–Kier alpha value is -1.73. The number of hydrogen-bond acceptors (Lipinski definition) is 2. The summed E-state index contributed by atoms with van der Waals surface area (Å²) in [4.78, 5) is 13.1. The molecule has 0 fully saturated rings. The Morgan fingerprint density at radius 2 is 2.00 bits per heavy atom. The van der Waals surface area contributed by atoms with Crippen molar-refractivity contribution in [3.05, 3.63) is 42.2 Å². The summed E-state index contributed by atoms with van der Waals surface area (Å²) in [6.45, 7) is 3.49. The fourth-order valence-electron chi connectivity index (χ4n) is 0.762. The van der Waals surface area contributed by atoms with Crippen LogP contribution >= 0.6 is 0 Å². The first-order valence-corrected chi connectivity index (χ1v) is 3.27. The lowest BCUT2D eigenvalue weighted by Crippen LogP contribution is -1.79. The quantitative estimate of drug-likeness (QED) is 0.485. The molecule has 0 atom stereocenters. The zero-order valence-corrected chi connectivity index (χ0v) is 6.25. The van der Waals surface area contributed by atoms with E-state index in [4.69, 9.17) is 0 Å². The van der Waals surface area contributed by atoms with E-state index in [1.165, 1.54) is 30.3 Å². The highest BCUT2D eigenvalue weighted by molar-refractivity contribution is 5.66. The molecular weight excluding hydrogens is 157 g/mol. The molecule has 0 aromatic heterocycles. The minimum absolute atomic E-state index is 0.282. The summed E-state index contributed by atoms with van der Waals surface area (Å²) in [7, 11) is 0. The van der Waals surface area contributed by atoms with Crippen LogP contribution in [0.25, 0.3) is 5.70 Å². The third-order valence-electron chi connectivity index (χ3n) is 1.36. The van der Waals surface area contributed by atoms with E-state index in [9.17, 15) is 9.18 Å². The predicted molar refractivity (Wildman–Crippen MR) is 43.6 cm³/mol. The van der Waals surface area contributed by atoms with Gasteiger partial charge in [-0.3, -0.25) is 0 Å². The zero-order valence-electron chi connectivity index (χ0n) is 6.25. The van der Waals surface area contributed by atoms with Crippen molar-refractivity contribution in [2.45, 2.75) is 0 Å². The van der Waals surface area contributed by atoms with Crippen molar-refractivity contribution in [2.75, 3.05) is 0 Å². The first-order chi connectivity index (χ1) is 5.74. The van der Waals surface area contributed by atoms with Crippen molar-refractivity contribution in [1.82, 2.24) is 0 Å². The lowest BCUT2D eigenvalue weighted by molar-refractivity contribution is 0.565. The van der Waals surface area contributed by atoms with Crippen molar-refractivity contribution in [3.8, 4) is 0 Å². The summed E-state index contributed by atoms with van der Waals surface area (Å²) in [5.41, 5.74) is 0.893. The zero-order chi connectivity index (χ0) is 8.97. The van der Waals surface area contributed by atoms with Gasteiger partial charge in [0.2, 0.25) is 6.08 Å². The Balaban J connectivity index is 2.97. The largest absolute Gasteiger partial charge is 0.240 e.